The fourth-order valence-corrected chi connectivity index (χ4v) is 2.26. The summed E-state index contributed by atoms with van der Waals surface area (Å²) in [6, 6.07) is 0. The summed E-state index contributed by atoms with van der Waals surface area (Å²) >= 11 is 3.62. The van der Waals surface area contributed by atoms with Crippen LogP contribution in [0.15, 0.2) is 21.1 Å². The molecule has 0 spiro atoms. The SMILES string of the molecule is [B]C1=C(C)C(C)=C(Br)C(C)C1C. The summed E-state index contributed by atoms with van der Waals surface area (Å²) in [5.41, 5.74) is 3.59. The summed E-state index contributed by atoms with van der Waals surface area (Å²) in [5.74, 6) is 0.983. The molecule has 1 aliphatic carbocycles. The molecule has 0 aromatic heterocycles. The first-order valence-corrected chi connectivity index (χ1v) is 5.09. The molecular formula is C10H14BBr. The van der Waals surface area contributed by atoms with Gasteiger partial charge in [0, 0.05) is 4.48 Å². The average molecular weight is 225 g/mol. The maximum atomic E-state index is 5.99. The Labute approximate surface area is 84.7 Å². The van der Waals surface area contributed by atoms with E-state index < -0.39 is 0 Å². The number of rotatable bonds is 0. The molecule has 0 nitrogen and oxygen atoms in total. The lowest BCUT2D eigenvalue weighted by Crippen LogP contribution is -2.18. The molecule has 0 fully saturated rings. The zero-order chi connectivity index (χ0) is 9.46. The van der Waals surface area contributed by atoms with Crippen molar-refractivity contribution in [3.05, 3.63) is 21.1 Å². The molecule has 12 heavy (non-hydrogen) atoms. The summed E-state index contributed by atoms with van der Waals surface area (Å²) in [6.07, 6.45) is 0. The van der Waals surface area contributed by atoms with Crippen molar-refractivity contribution in [3.63, 3.8) is 0 Å². The van der Waals surface area contributed by atoms with Crippen LogP contribution in [-0.4, -0.2) is 7.85 Å². The van der Waals surface area contributed by atoms with Crippen molar-refractivity contribution in [3.8, 4) is 0 Å². The second kappa shape index (κ2) is 3.41. The monoisotopic (exact) mass is 224 g/mol. The van der Waals surface area contributed by atoms with Gasteiger partial charge in [0.15, 0.2) is 0 Å². The van der Waals surface area contributed by atoms with Gasteiger partial charge >= 0.3 is 0 Å². The van der Waals surface area contributed by atoms with Gasteiger partial charge in [-0.15, -0.1) is 5.47 Å². The Morgan fingerprint density at radius 3 is 2.08 bits per heavy atom. The normalized spacial score (nSPS) is 31.4. The molecule has 0 saturated heterocycles. The first kappa shape index (κ1) is 10.1. The van der Waals surface area contributed by atoms with E-state index in [0.29, 0.717) is 11.8 Å². The largest absolute Gasteiger partial charge is 0.111 e. The van der Waals surface area contributed by atoms with Gasteiger partial charge in [0.1, 0.15) is 7.85 Å². The van der Waals surface area contributed by atoms with E-state index in [1.54, 1.807) is 0 Å². The highest BCUT2D eigenvalue weighted by molar-refractivity contribution is 9.11. The van der Waals surface area contributed by atoms with E-state index in [1.807, 2.05) is 0 Å². The number of allylic oxidation sites excluding steroid dienone is 4. The number of halogens is 1. The van der Waals surface area contributed by atoms with Crippen molar-refractivity contribution in [2.75, 3.05) is 0 Å². The zero-order valence-corrected chi connectivity index (χ0v) is 9.70. The van der Waals surface area contributed by atoms with E-state index in [-0.39, 0.29) is 0 Å². The van der Waals surface area contributed by atoms with Gasteiger partial charge in [-0.2, -0.15) is 0 Å². The highest BCUT2D eigenvalue weighted by Crippen LogP contribution is 2.39. The molecule has 0 N–H and O–H groups in total. The molecule has 0 amide bonds. The van der Waals surface area contributed by atoms with Gasteiger partial charge in [0.2, 0.25) is 0 Å². The zero-order valence-electron chi connectivity index (χ0n) is 8.11. The molecule has 0 aliphatic heterocycles. The van der Waals surface area contributed by atoms with Gasteiger partial charge in [-0.1, -0.05) is 35.4 Å². The lowest BCUT2D eigenvalue weighted by atomic mass is 9.70. The van der Waals surface area contributed by atoms with E-state index >= 15 is 0 Å². The van der Waals surface area contributed by atoms with Gasteiger partial charge < -0.3 is 0 Å². The maximum Gasteiger partial charge on any atom is 0.108 e. The quantitative estimate of drug-likeness (QED) is 0.554. The standard InChI is InChI=1S/C10H14BBr/c1-5-7(3)10(12)8(4)6(2)9(5)11/h5,7H,1-4H3. The summed E-state index contributed by atoms with van der Waals surface area (Å²) < 4.78 is 1.31. The molecule has 2 atom stereocenters. The first-order valence-electron chi connectivity index (χ1n) is 4.29. The smallest absolute Gasteiger partial charge is 0.108 e. The van der Waals surface area contributed by atoms with Crippen LogP contribution in [0.2, 0.25) is 0 Å². The molecule has 2 unspecified atom stereocenters. The molecule has 0 bridgehead atoms. The van der Waals surface area contributed by atoms with Crippen molar-refractivity contribution < 1.29 is 0 Å². The summed E-state index contributed by atoms with van der Waals surface area (Å²) in [7, 11) is 5.99. The predicted molar refractivity (Wildman–Crippen MR) is 58.4 cm³/mol. The Balaban J connectivity index is 3.18. The van der Waals surface area contributed by atoms with Crippen molar-refractivity contribution >= 4 is 23.8 Å². The van der Waals surface area contributed by atoms with Crippen molar-refractivity contribution in [1.29, 1.82) is 0 Å². The molecule has 64 valence electrons. The van der Waals surface area contributed by atoms with Crippen LogP contribution in [-0.2, 0) is 0 Å². The molecule has 1 rings (SSSR count). The van der Waals surface area contributed by atoms with Crippen LogP contribution in [0.3, 0.4) is 0 Å². The number of hydrogen-bond donors (Lipinski definition) is 0. The summed E-state index contributed by atoms with van der Waals surface area (Å²) in [6.45, 7) is 8.59. The Kier molecular flexibility index (Phi) is 2.87. The lowest BCUT2D eigenvalue weighted by molar-refractivity contribution is 0.527. The van der Waals surface area contributed by atoms with E-state index in [9.17, 15) is 0 Å². The van der Waals surface area contributed by atoms with Crippen LogP contribution in [0.25, 0.3) is 0 Å². The Bertz CT molecular complexity index is 235. The van der Waals surface area contributed by atoms with Crippen molar-refractivity contribution in [2.24, 2.45) is 11.8 Å². The Morgan fingerprint density at radius 2 is 1.58 bits per heavy atom. The van der Waals surface area contributed by atoms with Gasteiger partial charge in [0.05, 0.1) is 0 Å². The highest BCUT2D eigenvalue weighted by Gasteiger charge is 2.24. The fraction of sp³-hybridized carbons (Fsp3) is 0.600. The highest BCUT2D eigenvalue weighted by atomic mass is 79.9. The van der Waals surface area contributed by atoms with Crippen LogP contribution in [0.5, 0.6) is 0 Å². The van der Waals surface area contributed by atoms with E-state index in [1.165, 1.54) is 15.6 Å². The summed E-state index contributed by atoms with van der Waals surface area (Å²) in [5, 5.41) is 0. The molecule has 1 aliphatic rings. The molecule has 0 aromatic carbocycles. The van der Waals surface area contributed by atoms with Crippen molar-refractivity contribution in [2.45, 2.75) is 27.7 Å². The van der Waals surface area contributed by atoms with E-state index in [4.69, 9.17) is 7.85 Å². The topological polar surface area (TPSA) is 0 Å². The summed E-state index contributed by atoms with van der Waals surface area (Å²) in [4.78, 5) is 0. The molecule has 0 heterocycles. The minimum absolute atomic E-state index is 0.461. The second-order valence-corrected chi connectivity index (χ2v) is 4.48. The van der Waals surface area contributed by atoms with E-state index in [0.717, 1.165) is 5.47 Å². The van der Waals surface area contributed by atoms with E-state index in [2.05, 4.69) is 43.6 Å². The average Bonchev–Trinajstić information content (AvgIpc) is 2.08. The molecular weight excluding hydrogens is 211 g/mol. The van der Waals surface area contributed by atoms with Gasteiger partial charge in [-0.25, -0.2) is 0 Å². The fourth-order valence-electron chi connectivity index (χ4n) is 1.57. The van der Waals surface area contributed by atoms with Crippen molar-refractivity contribution in [1.82, 2.24) is 0 Å². The third-order valence-electron chi connectivity index (χ3n) is 2.99. The second-order valence-electron chi connectivity index (χ2n) is 3.63. The minimum Gasteiger partial charge on any atom is -0.111 e. The Hall–Kier alpha value is 0.0249. The minimum atomic E-state index is 0.461. The van der Waals surface area contributed by atoms with Gasteiger partial charge in [-0.3, -0.25) is 0 Å². The van der Waals surface area contributed by atoms with Gasteiger partial charge in [0.25, 0.3) is 0 Å². The van der Waals surface area contributed by atoms with Gasteiger partial charge in [-0.05, 0) is 31.3 Å². The third kappa shape index (κ3) is 1.41. The number of hydrogen-bond acceptors (Lipinski definition) is 0. The maximum absolute atomic E-state index is 5.99. The van der Waals surface area contributed by atoms with Crippen LogP contribution < -0.4 is 0 Å². The Morgan fingerprint density at radius 1 is 1.08 bits per heavy atom. The van der Waals surface area contributed by atoms with Crippen LogP contribution in [0.1, 0.15) is 27.7 Å². The van der Waals surface area contributed by atoms with Crippen LogP contribution >= 0.6 is 15.9 Å². The third-order valence-corrected chi connectivity index (χ3v) is 4.31. The predicted octanol–water partition coefficient (Wildman–Crippen LogP) is 3.38. The first-order chi connectivity index (χ1) is 5.46. The van der Waals surface area contributed by atoms with Crippen LogP contribution in [0, 0.1) is 11.8 Å². The van der Waals surface area contributed by atoms with Crippen LogP contribution in [0.4, 0.5) is 0 Å². The lowest BCUT2D eigenvalue weighted by Gasteiger charge is -2.30. The molecule has 0 saturated carbocycles. The molecule has 2 radical (unpaired) electrons. The molecule has 2 heteroatoms. The molecule has 0 aromatic rings.